The molecule has 0 radical (unpaired) electrons. The number of hydrogen-bond donors (Lipinski definition) is 2. The Morgan fingerprint density at radius 1 is 1.14 bits per heavy atom. The highest BCUT2D eigenvalue weighted by Gasteiger charge is 1.93. The van der Waals surface area contributed by atoms with E-state index >= 15 is 0 Å². The van der Waals surface area contributed by atoms with Crippen molar-refractivity contribution in [3.05, 3.63) is 4.91 Å². The summed E-state index contributed by atoms with van der Waals surface area (Å²) >= 11 is 0. The second-order valence-electron chi connectivity index (χ2n) is 3.60. The zero-order valence-electron chi connectivity index (χ0n) is 9.04. The van der Waals surface area contributed by atoms with E-state index in [1.54, 1.807) is 6.92 Å². The molecular weight excluding hydrogens is 180 g/mol. The van der Waals surface area contributed by atoms with Crippen molar-refractivity contribution >= 4 is 0 Å². The summed E-state index contributed by atoms with van der Waals surface area (Å²) in [7, 11) is 0. The molecule has 0 saturated carbocycles. The average molecular weight is 202 g/mol. The summed E-state index contributed by atoms with van der Waals surface area (Å²) in [6.07, 6.45) is 6.33. The predicted octanol–water partition coefficient (Wildman–Crippen LogP) is 2.02. The number of hydrogen-bond acceptors (Lipinski definition) is 4. The molecule has 0 heterocycles. The lowest BCUT2D eigenvalue weighted by Crippen LogP contribution is -2.26. The molecule has 0 bridgehead atoms. The van der Waals surface area contributed by atoms with Crippen molar-refractivity contribution in [3.8, 4) is 0 Å². The van der Waals surface area contributed by atoms with Crippen LogP contribution in [-0.4, -0.2) is 24.4 Å². The molecule has 1 atom stereocenters. The van der Waals surface area contributed by atoms with Crippen molar-refractivity contribution in [3.63, 3.8) is 0 Å². The van der Waals surface area contributed by atoms with Crippen LogP contribution in [0.25, 0.3) is 0 Å². The Morgan fingerprint density at radius 2 is 1.71 bits per heavy atom. The van der Waals surface area contributed by atoms with Crippen LogP contribution in [-0.2, 0) is 0 Å². The zero-order valence-corrected chi connectivity index (χ0v) is 9.04. The van der Waals surface area contributed by atoms with Crippen LogP contribution in [0.3, 0.4) is 0 Å². The molecule has 0 amide bonds. The maximum Gasteiger partial charge on any atom is 0.102 e. The fourth-order valence-electron chi connectivity index (χ4n) is 1.32. The van der Waals surface area contributed by atoms with Crippen molar-refractivity contribution in [2.45, 2.75) is 51.7 Å². The van der Waals surface area contributed by atoms with Crippen molar-refractivity contribution < 1.29 is 5.11 Å². The Labute approximate surface area is 86.1 Å². The van der Waals surface area contributed by atoms with E-state index in [2.05, 4.69) is 10.5 Å². The standard InChI is InChI=1S/C10H22N2O2/c1-10(13)11-8-6-4-2-3-5-7-9-12-14/h10-11,13H,2-9H2,1H3. The maximum absolute atomic E-state index is 9.76. The van der Waals surface area contributed by atoms with Gasteiger partial charge in [0, 0.05) is 0 Å². The second kappa shape index (κ2) is 10.6. The van der Waals surface area contributed by atoms with E-state index in [9.17, 15) is 4.91 Å². The predicted molar refractivity (Wildman–Crippen MR) is 58.0 cm³/mol. The first-order valence-corrected chi connectivity index (χ1v) is 5.48. The van der Waals surface area contributed by atoms with Gasteiger partial charge in [0.1, 0.15) is 6.23 Å². The number of unbranched alkanes of at least 4 members (excludes halogenated alkanes) is 5. The SMILES string of the molecule is CC(O)NCCCCCCCCN=O. The maximum atomic E-state index is 9.76. The van der Waals surface area contributed by atoms with Gasteiger partial charge in [-0.1, -0.05) is 30.9 Å². The van der Waals surface area contributed by atoms with E-state index in [4.69, 9.17) is 5.11 Å². The fourth-order valence-corrected chi connectivity index (χ4v) is 1.32. The summed E-state index contributed by atoms with van der Waals surface area (Å²) in [4.78, 5) is 9.76. The van der Waals surface area contributed by atoms with Gasteiger partial charge >= 0.3 is 0 Å². The van der Waals surface area contributed by atoms with Gasteiger partial charge in [0.05, 0.1) is 6.54 Å². The molecule has 4 heteroatoms. The molecule has 0 aromatic heterocycles. The summed E-state index contributed by atoms with van der Waals surface area (Å²) < 4.78 is 0. The Hall–Kier alpha value is -0.480. The summed E-state index contributed by atoms with van der Waals surface area (Å²) in [6.45, 7) is 3.07. The van der Waals surface area contributed by atoms with E-state index < -0.39 is 6.23 Å². The zero-order chi connectivity index (χ0) is 10.6. The first-order valence-electron chi connectivity index (χ1n) is 5.48. The molecule has 0 aromatic carbocycles. The van der Waals surface area contributed by atoms with Crippen LogP contribution in [0.2, 0.25) is 0 Å². The van der Waals surface area contributed by atoms with Gasteiger partial charge in [-0.2, -0.15) is 4.91 Å². The molecule has 0 aliphatic heterocycles. The number of aliphatic hydroxyl groups excluding tert-OH is 1. The minimum atomic E-state index is -0.395. The lowest BCUT2D eigenvalue weighted by atomic mass is 10.1. The normalized spacial score (nSPS) is 12.7. The molecular formula is C10H22N2O2. The van der Waals surface area contributed by atoms with Crippen LogP contribution in [0.1, 0.15) is 45.4 Å². The summed E-state index contributed by atoms with van der Waals surface area (Å²) in [5.74, 6) is 0. The molecule has 0 rings (SSSR count). The first-order chi connectivity index (χ1) is 6.77. The van der Waals surface area contributed by atoms with E-state index in [-0.39, 0.29) is 0 Å². The van der Waals surface area contributed by atoms with Crippen molar-refractivity contribution in [1.29, 1.82) is 0 Å². The summed E-state index contributed by atoms with van der Waals surface area (Å²) in [5, 5.41) is 14.7. The van der Waals surface area contributed by atoms with Crippen LogP contribution < -0.4 is 5.32 Å². The summed E-state index contributed by atoms with van der Waals surface area (Å²) in [6, 6.07) is 0. The second-order valence-corrected chi connectivity index (χ2v) is 3.60. The largest absolute Gasteiger partial charge is 0.379 e. The average Bonchev–Trinajstić information content (AvgIpc) is 2.15. The van der Waals surface area contributed by atoms with E-state index in [0.717, 1.165) is 25.8 Å². The third kappa shape index (κ3) is 11.5. The molecule has 2 N–H and O–H groups in total. The Bertz CT molecular complexity index is 129. The molecule has 0 saturated heterocycles. The Morgan fingerprint density at radius 3 is 2.29 bits per heavy atom. The van der Waals surface area contributed by atoms with Gasteiger partial charge in [-0.15, -0.1) is 0 Å². The molecule has 1 unspecified atom stereocenters. The van der Waals surface area contributed by atoms with Gasteiger partial charge in [0.2, 0.25) is 0 Å². The number of rotatable bonds is 10. The highest BCUT2D eigenvalue weighted by Crippen LogP contribution is 2.04. The van der Waals surface area contributed by atoms with Crippen LogP contribution in [0.15, 0.2) is 5.18 Å². The monoisotopic (exact) mass is 202 g/mol. The van der Waals surface area contributed by atoms with Gasteiger partial charge in [0.15, 0.2) is 0 Å². The minimum absolute atomic E-state index is 0.395. The van der Waals surface area contributed by atoms with E-state index in [1.165, 1.54) is 19.3 Å². The summed E-state index contributed by atoms with van der Waals surface area (Å²) in [5.41, 5.74) is 0. The number of nitrogens with one attached hydrogen (secondary N) is 1. The molecule has 0 aliphatic carbocycles. The van der Waals surface area contributed by atoms with Crippen molar-refractivity contribution in [2.75, 3.05) is 13.1 Å². The van der Waals surface area contributed by atoms with Gasteiger partial charge < -0.3 is 5.11 Å². The van der Waals surface area contributed by atoms with Gasteiger partial charge in [-0.05, 0) is 26.3 Å². The van der Waals surface area contributed by atoms with Crippen LogP contribution in [0, 0.1) is 4.91 Å². The third-order valence-corrected chi connectivity index (χ3v) is 2.12. The molecule has 0 aromatic rings. The third-order valence-electron chi connectivity index (χ3n) is 2.12. The van der Waals surface area contributed by atoms with E-state index in [0.29, 0.717) is 6.54 Å². The Balaban J connectivity index is 2.88. The van der Waals surface area contributed by atoms with Crippen molar-refractivity contribution in [2.24, 2.45) is 5.18 Å². The quantitative estimate of drug-likeness (QED) is 0.323. The van der Waals surface area contributed by atoms with E-state index in [1.807, 2.05) is 0 Å². The van der Waals surface area contributed by atoms with Crippen LogP contribution in [0.4, 0.5) is 0 Å². The van der Waals surface area contributed by atoms with Gasteiger partial charge in [-0.3, -0.25) is 5.32 Å². The lowest BCUT2D eigenvalue weighted by molar-refractivity contribution is 0.156. The number of nitroso groups, excluding NO2 is 1. The Kier molecular flexibility index (Phi) is 10.2. The van der Waals surface area contributed by atoms with Crippen LogP contribution >= 0.6 is 0 Å². The fraction of sp³-hybridized carbons (Fsp3) is 1.00. The lowest BCUT2D eigenvalue weighted by Gasteiger charge is -2.06. The molecule has 0 spiro atoms. The smallest absolute Gasteiger partial charge is 0.102 e. The topological polar surface area (TPSA) is 61.7 Å². The molecule has 14 heavy (non-hydrogen) atoms. The number of nitrogens with zero attached hydrogens (tertiary/aromatic N) is 1. The number of aliphatic hydroxyl groups is 1. The first kappa shape index (κ1) is 13.5. The van der Waals surface area contributed by atoms with Gasteiger partial charge in [0.25, 0.3) is 0 Å². The van der Waals surface area contributed by atoms with Crippen LogP contribution in [0.5, 0.6) is 0 Å². The molecule has 0 fully saturated rings. The molecule has 84 valence electrons. The molecule has 4 nitrogen and oxygen atoms in total. The highest BCUT2D eigenvalue weighted by molar-refractivity contribution is 4.50. The molecule has 0 aliphatic rings. The van der Waals surface area contributed by atoms with Gasteiger partial charge in [-0.25, -0.2) is 0 Å². The van der Waals surface area contributed by atoms with Crippen molar-refractivity contribution in [1.82, 2.24) is 5.32 Å². The highest BCUT2D eigenvalue weighted by atomic mass is 16.3. The minimum Gasteiger partial charge on any atom is -0.379 e.